The average molecular weight is 558 g/mol. The lowest BCUT2D eigenvalue weighted by Crippen LogP contribution is -2.41. The standard InChI is InChI=1S/C35H35N5O2/c1-38-22-26(27-9-6-7-14-33(27)38)23-40(21-25-15-19-39(20-16-25)34-36-17-8-18-37-34)35(41)42-24-32-30-12-4-2-10-28(30)29-11-3-5-13-31(29)32/h2-14,17-18,22,25,32H,15-16,19-21,23-24H2,1H3. The fourth-order valence-corrected chi connectivity index (χ4v) is 6.73. The van der Waals surface area contributed by atoms with Crippen LogP contribution in [-0.2, 0) is 18.3 Å². The number of para-hydroxylation sites is 1. The Bertz CT molecular complexity index is 1660. The molecule has 42 heavy (non-hydrogen) atoms. The zero-order valence-electron chi connectivity index (χ0n) is 23.9. The highest BCUT2D eigenvalue weighted by Gasteiger charge is 2.31. The molecule has 7 rings (SSSR count). The van der Waals surface area contributed by atoms with E-state index in [0.29, 0.717) is 25.6 Å². The summed E-state index contributed by atoms with van der Waals surface area (Å²) in [6.07, 6.45) is 7.42. The maximum atomic E-state index is 13.9. The SMILES string of the molecule is Cn1cc(CN(CC2CCN(c3ncccn3)CC2)C(=O)OCC2c3ccccc3-c3ccccc32)c2ccccc21. The van der Waals surface area contributed by atoms with Crippen LogP contribution in [0.5, 0.6) is 0 Å². The van der Waals surface area contributed by atoms with E-state index in [-0.39, 0.29) is 12.0 Å². The molecule has 3 aromatic carbocycles. The van der Waals surface area contributed by atoms with Crippen molar-refractivity contribution in [2.24, 2.45) is 13.0 Å². The molecule has 7 heteroatoms. The van der Waals surface area contributed by atoms with Crippen molar-refractivity contribution in [2.75, 3.05) is 31.1 Å². The summed E-state index contributed by atoms with van der Waals surface area (Å²) in [5.74, 6) is 1.19. The largest absolute Gasteiger partial charge is 0.448 e. The third-order valence-electron chi connectivity index (χ3n) is 8.86. The van der Waals surface area contributed by atoms with Crippen LogP contribution in [0.15, 0.2) is 97.5 Å². The number of benzene rings is 3. The lowest BCUT2D eigenvalue weighted by Gasteiger charge is -2.34. The minimum Gasteiger partial charge on any atom is -0.448 e. The molecule has 2 aromatic heterocycles. The van der Waals surface area contributed by atoms with Gasteiger partial charge in [0.15, 0.2) is 0 Å². The van der Waals surface area contributed by atoms with Crippen molar-refractivity contribution in [3.05, 3.63) is 114 Å². The van der Waals surface area contributed by atoms with Gasteiger partial charge in [-0.25, -0.2) is 14.8 Å². The molecule has 0 unspecified atom stereocenters. The van der Waals surface area contributed by atoms with Crippen molar-refractivity contribution < 1.29 is 9.53 Å². The second-order valence-corrected chi connectivity index (χ2v) is 11.4. The number of amides is 1. The van der Waals surface area contributed by atoms with Gasteiger partial charge in [-0.15, -0.1) is 0 Å². The Balaban J connectivity index is 1.10. The molecular weight excluding hydrogens is 522 g/mol. The van der Waals surface area contributed by atoms with Gasteiger partial charge in [-0.3, -0.25) is 0 Å². The number of fused-ring (bicyclic) bond motifs is 4. The van der Waals surface area contributed by atoms with E-state index in [1.165, 1.54) is 27.6 Å². The highest BCUT2D eigenvalue weighted by molar-refractivity contribution is 5.84. The molecule has 1 amide bonds. The number of hydrogen-bond donors (Lipinski definition) is 0. The Morgan fingerprint density at radius 3 is 2.24 bits per heavy atom. The first kappa shape index (κ1) is 26.3. The van der Waals surface area contributed by atoms with Gasteiger partial charge in [0.2, 0.25) is 5.95 Å². The van der Waals surface area contributed by atoms with Crippen molar-refractivity contribution in [2.45, 2.75) is 25.3 Å². The van der Waals surface area contributed by atoms with Gasteiger partial charge in [0.25, 0.3) is 0 Å². The first-order valence-corrected chi connectivity index (χ1v) is 14.8. The normalized spacial score (nSPS) is 15.0. The van der Waals surface area contributed by atoms with Crippen LogP contribution in [0.1, 0.15) is 35.4 Å². The second-order valence-electron chi connectivity index (χ2n) is 11.4. The van der Waals surface area contributed by atoms with Gasteiger partial charge in [0.1, 0.15) is 6.61 Å². The maximum absolute atomic E-state index is 13.9. The summed E-state index contributed by atoms with van der Waals surface area (Å²) in [7, 11) is 2.06. The van der Waals surface area contributed by atoms with E-state index in [9.17, 15) is 4.79 Å². The number of aromatic nitrogens is 3. The molecule has 1 aliphatic heterocycles. The van der Waals surface area contributed by atoms with Crippen LogP contribution in [0.2, 0.25) is 0 Å². The Kier molecular flexibility index (Phi) is 7.08. The molecule has 0 atom stereocenters. The molecule has 2 aliphatic rings. The Hall–Kier alpha value is -4.65. The van der Waals surface area contributed by atoms with Gasteiger partial charge in [-0.1, -0.05) is 66.7 Å². The van der Waals surface area contributed by atoms with Gasteiger partial charge in [0, 0.05) is 62.1 Å². The van der Waals surface area contributed by atoms with E-state index in [1.807, 2.05) is 11.0 Å². The van der Waals surface area contributed by atoms with Gasteiger partial charge < -0.3 is 19.1 Å². The van der Waals surface area contributed by atoms with Gasteiger partial charge in [0.05, 0.1) is 6.54 Å². The predicted molar refractivity (Wildman–Crippen MR) is 165 cm³/mol. The molecule has 1 fully saturated rings. The predicted octanol–water partition coefficient (Wildman–Crippen LogP) is 6.64. The summed E-state index contributed by atoms with van der Waals surface area (Å²) in [6, 6.07) is 27.1. The number of carbonyl (C=O) groups is 1. The third-order valence-corrected chi connectivity index (χ3v) is 8.86. The molecule has 1 aliphatic carbocycles. The minimum absolute atomic E-state index is 0.0369. The zero-order chi connectivity index (χ0) is 28.5. The topological polar surface area (TPSA) is 63.5 Å². The summed E-state index contributed by atoms with van der Waals surface area (Å²) >= 11 is 0. The molecule has 5 aromatic rings. The average Bonchev–Trinajstić information content (AvgIpc) is 3.54. The smallest absolute Gasteiger partial charge is 0.410 e. The first-order chi connectivity index (χ1) is 20.7. The summed E-state index contributed by atoms with van der Waals surface area (Å²) in [5, 5.41) is 1.17. The molecule has 3 heterocycles. The summed E-state index contributed by atoms with van der Waals surface area (Å²) < 4.78 is 8.31. The molecule has 0 spiro atoms. The number of anilines is 1. The van der Waals surface area contributed by atoms with E-state index in [2.05, 4.69) is 105 Å². The number of piperidine rings is 1. The zero-order valence-corrected chi connectivity index (χ0v) is 23.9. The number of carbonyl (C=O) groups excluding carboxylic acids is 1. The molecular formula is C35H35N5O2. The van der Waals surface area contributed by atoms with Crippen LogP contribution >= 0.6 is 0 Å². The van der Waals surface area contributed by atoms with Crippen molar-refractivity contribution in [3.63, 3.8) is 0 Å². The van der Waals surface area contributed by atoms with Crippen LogP contribution in [-0.4, -0.2) is 51.8 Å². The van der Waals surface area contributed by atoms with E-state index in [0.717, 1.165) is 43.0 Å². The van der Waals surface area contributed by atoms with Crippen LogP contribution in [0.4, 0.5) is 10.7 Å². The van der Waals surface area contributed by atoms with Crippen molar-refractivity contribution in [3.8, 4) is 11.1 Å². The Morgan fingerprint density at radius 2 is 1.52 bits per heavy atom. The summed E-state index contributed by atoms with van der Waals surface area (Å²) in [5.41, 5.74) is 7.21. The van der Waals surface area contributed by atoms with E-state index in [4.69, 9.17) is 4.74 Å². The van der Waals surface area contributed by atoms with Crippen LogP contribution in [0.3, 0.4) is 0 Å². The van der Waals surface area contributed by atoms with Crippen molar-refractivity contribution >= 4 is 22.9 Å². The van der Waals surface area contributed by atoms with Gasteiger partial charge >= 0.3 is 6.09 Å². The molecule has 212 valence electrons. The third kappa shape index (κ3) is 5.00. The molecule has 0 N–H and O–H groups in total. The lowest BCUT2D eigenvalue weighted by molar-refractivity contribution is 0.0889. The van der Waals surface area contributed by atoms with Gasteiger partial charge in [-0.2, -0.15) is 0 Å². The lowest BCUT2D eigenvalue weighted by atomic mass is 9.96. The van der Waals surface area contributed by atoms with Crippen LogP contribution < -0.4 is 4.90 Å². The van der Waals surface area contributed by atoms with Crippen LogP contribution in [0.25, 0.3) is 22.0 Å². The molecule has 1 saturated heterocycles. The van der Waals surface area contributed by atoms with Crippen molar-refractivity contribution in [1.82, 2.24) is 19.4 Å². The van der Waals surface area contributed by atoms with Crippen LogP contribution in [0, 0.1) is 5.92 Å². The fraction of sp³-hybridized carbons (Fsp3) is 0.286. The summed E-state index contributed by atoms with van der Waals surface area (Å²) in [6.45, 7) is 3.25. The fourth-order valence-electron chi connectivity index (χ4n) is 6.73. The first-order valence-electron chi connectivity index (χ1n) is 14.8. The monoisotopic (exact) mass is 557 g/mol. The number of aryl methyl sites for hydroxylation is 1. The molecule has 0 radical (unpaired) electrons. The van der Waals surface area contributed by atoms with E-state index >= 15 is 0 Å². The summed E-state index contributed by atoms with van der Waals surface area (Å²) in [4.78, 5) is 26.9. The molecule has 7 nitrogen and oxygen atoms in total. The van der Waals surface area contributed by atoms with E-state index in [1.54, 1.807) is 12.4 Å². The molecule has 0 bridgehead atoms. The Labute approximate surface area is 246 Å². The minimum atomic E-state index is -0.251. The van der Waals surface area contributed by atoms with E-state index < -0.39 is 0 Å². The maximum Gasteiger partial charge on any atom is 0.410 e. The van der Waals surface area contributed by atoms with Gasteiger partial charge in [-0.05, 0) is 58.7 Å². The highest BCUT2D eigenvalue weighted by atomic mass is 16.6. The quantitative estimate of drug-likeness (QED) is 0.225. The Morgan fingerprint density at radius 1 is 0.881 bits per heavy atom. The number of rotatable bonds is 7. The number of ether oxygens (including phenoxy) is 1. The number of hydrogen-bond acceptors (Lipinski definition) is 5. The second kappa shape index (κ2) is 11.3. The highest BCUT2D eigenvalue weighted by Crippen LogP contribution is 2.44. The number of nitrogens with zero attached hydrogens (tertiary/aromatic N) is 5. The van der Waals surface area contributed by atoms with Crippen molar-refractivity contribution in [1.29, 1.82) is 0 Å². The molecule has 0 saturated carbocycles.